The summed E-state index contributed by atoms with van der Waals surface area (Å²) in [6, 6.07) is 15.6. The van der Waals surface area contributed by atoms with Gasteiger partial charge < -0.3 is 4.90 Å². The first-order valence-corrected chi connectivity index (χ1v) is 11.9. The Hall–Kier alpha value is -2.39. The third-order valence-electron chi connectivity index (χ3n) is 5.17. The van der Waals surface area contributed by atoms with E-state index < -0.39 is 10.0 Å². The molecule has 1 aliphatic heterocycles. The summed E-state index contributed by atoms with van der Waals surface area (Å²) in [5.41, 5.74) is 1.08. The van der Waals surface area contributed by atoms with Crippen LogP contribution in [0.1, 0.15) is 5.56 Å². The second-order valence-corrected chi connectivity index (χ2v) is 9.89. The molecule has 1 aliphatic rings. The normalized spacial score (nSPS) is 15.2. The van der Waals surface area contributed by atoms with Crippen molar-refractivity contribution in [1.82, 2.24) is 14.1 Å². The monoisotopic (exact) mass is 478 g/mol. The fourth-order valence-corrected chi connectivity index (χ4v) is 5.28. The number of hydrogen-bond acceptors (Lipinski definition) is 5. The molecule has 0 bridgehead atoms. The summed E-state index contributed by atoms with van der Waals surface area (Å²) in [7, 11) is -3.61. The Morgan fingerprint density at radius 2 is 1.55 bits per heavy atom. The van der Waals surface area contributed by atoms with Gasteiger partial charge in [-0.3, -0.25) is 4.79 Å². The van der Waals surface area contributed by atoms with Crippen molar-refractivity contribution in [3.8, 4) is 0 Å². The zero-order valence-electron chi connectivity index (χ0n) is 16.5. The molecule has 0 radical (unpaired) electrons. The van der Waals surface area contributed by atoms with E-state index in [1.54, 1.807) is 18.3 Å². The summed E-state index contributed by atoms with van der Waals surface area (Å²) in [5, 5.41) is 4.83. The van der Waals surface area contributed by atoms with E-state index in [-0.39, 0.29) is 28.6 Å². The van der Waals surface area contributed by atoms with E-state index >= 15 is 0 Å². The molecule has 0 unspecified atom stereocenters. The lowest BCUT2D eigenvalue weighted by molar-refractivity contribution is 0.384. The fourth-order valence-electron chi connectivity index (χ4n) is 3.47. The minimum Gasteiger partial charge on any atom is -0.366 e. The number of aromatic nitrogens is 2. The minimum absolute atomic E-state index is 0.0833. The average molecular weight is 479 g/mol. The number of piperazine rings is 1. The lowest BCUT2D eigenvalue weighted by Gasteiger charge is -2.35. The van der Waals surface area contributed by atoms with Crippen molar-refractivity contribution in [3.63, 3.8) is 0 Å². The van der Waals surface area contributed by atoms with Crippen LogP contribution < -0.4 is 10.5 Å². The number of halogens is 2. The first-order chi connectivity index (χ1) is 14.9. The molecule has 4 rings (SSSR count). The summed E-state index contributed by atoms with van der Waals surface area (Å²) in [6.07, 6.45) is 1.57. The molecule has 0 spiro atoms. The summed E-state index contributed by atoms with van der Waals surface area (Å²) in [6.45, 7) is 1.67. The Bertz CT molecular complexity index is 1220. The standard InChI is InChI=1S/C21H20Cl2N4O3S/c22-17-6-8-18(9-7-17)31(29,30)26-12-10-25(11-13-26)19-14-24-27(21(28)20(19)23)15-16-4-2-1-3-5-16/h1-9,14H,10-13,15H2. The van der Waals surface area contributed by atoms with Crippen LogP contribution in [0.15, 0.2) is 70.5 Å². The second-order valence-electron chi connectivity index (χ2n) is 7.14. The molecular formula is C21H20Cl2N4O3S. The van der Waals surface area contributed by atoms with Crippen molar-refractivity contribution in [1.29, 1.82) is 0 Å². The molecule has 3 aromatic rings. The van der Waals surface area contributed by atoms with Crippen LogP contribution in [0.3, 0.4) is 0 Å². The SMILES string of the molecule is O=c1c(Cl)c(N2CCN(S(=O)(=O)c3ccc(Cl)cc3)CC2)cnn1Cc1ccccc1. The number of rotatable bonds is 5. The van der Waals surface area contributed by atoms with Gasteiger partial charge in [0.15, 0.2) is 0 Å². The van der Waals surface area contributed by atoms with Gasteiger partial charge in [0.05, 0.1) is 23.3 Å². The predicted octanol–water partition coefficient (Wildman–Crippen LogP) is 3.11. The largest absolute Gasteiger partial charge is 0.366 e. The van der Waals surface area contributed by atoms with Crippen molar-refractivity contribution >= 4 is 38.9 Å². The number of anilines is 1. The van der Waals surface area contributed by atoms with Gasteiger partial charge in [-0.2, -0.15) is 9.40 Å². The lowest BCUT2D eigenvalue weighted by Crippen LogP contribution is -2.49. The molecule has 2 heterocycles. The topological polar surface area (TPSA) is 75.5 Å². The molecule has 1 fully saturated rings. The third-order valence-corrected chi connectivity index (χ3v) is 7.69. The Balaban J connectivity index is 1.48. The molecule has 7 nitrogen and oxygen atoms in total. The molecule has 10 heteroatoms. The molecular weight excluding hydrogens is 459 g/mol. The van der Waals surface area contributed by atoms with E-state index in [4.69, 9.17) is 23.2 Å². The third kappa shape index (κ3) is 4.62. The van der Waals surface area contributed by atoms with Crippen LogP contribution in [0.5, 0.6) is 0 Å². The Morgan fingerprint density at radius 3 is 2.19 bits per heavy atom. The zero-order valence-corrected chi connectivity index (χ0v) is 18.8. The van der Waals surface area contributed by atoms with Gasteiger partial charge in [0, 0.05) is 31.2 Å². The number of hydrogen-bond donors (Lipinski definition) is 0. The Kier molecular flexibility index (Phi) is 6.34. The molecule has 0 aliphatic carbocycles. The van der Waals surface area contributed by atoms with Gasteiger partial charge in [-0.1, -0.05) is 53.5 Å². The maximum absolute atomic E-state index is 12.9. The highest BCUT2D eigenvalue weighted by Gasteiger charge is 2.29. The second kappa shape index (κ2) is 9.00. The first-order valence-electron chi connectivity index (χ1n) is 9.66. The highest BCUT2D eigenvalue weighted by Crippen LogP contribution is 2.25. The van der Waals surface area contributed by atoms with Crippen LogP contribution in [0.2, 0.25) is 10.0 Å². The van der Waals surface area contributed by atoms with E-state index in [1.165, 1.54) is 21.1 Å². The summed E-state index contributed by atoms with van der Waals surface area (Å²) < 4.78 is 28.5. The van der Waals surface area contributed by atoms with E-state index in [9.17, 15) is 13.2 Å². The van der Waals surface area contributed by atoms with E-state index in [2.05, 4.69) is 5.10 Å². The predicted molar refractivity (Wildman–Crippen MR) is 121 cm³/mol. The van der Waals surface area contributed by atoms with Gasteiger partial charge >= 0.3 is 0 Å². The molecule has 0 saturated carbocycles. The maximum atomic E-state index is 12.9. The number of sulfonamides is 1. The van der Waals surface area contributed by atoms with E-state index in [0.29, 0.717) is 30.3 Å². The van der Waals surface area contributed by atoms with Gasteiger partial charge in [0.1, 0.15) is 5.02 Å². The highest BCUT2D eigenvalue weighted by molar-refractivity contribution is 7.89. The van der Waals surface area contributed by atoms with Crippen LogP contribution in [-0.2, 0) is 16.6 Å². The number of nitrogens with zero attached hydrogens (tertiary/aromatic N) is 4. The van der Waals surface area contributed by atoms with Crippen molar-refractivity contribution in [2.45, 2.75) is 11.4 Å². The first kappa shape index (κ1) is 21.8. The Labute approximate surface area is 190 Å². The Morgan fingerprint density at radius 1 is 0.903 bits per heavy atom. The molecule has 31 heavy (non-hydrogen) atoms. The molecule has 1 saturated heterocycles. The summed E-state index contributed by atoms with van der Waals surface area (Å²) >= 11 is 12.2. The molecule has 1 aromatic heterocycles. The highest BCUT2D eigenvalue weighted by atomic mass is 35.5. The van der Waals surface area contributed by atoms with E-state index in [1.807, 2.05) is 35.2 Å². The fraction of sp³-hybridized carbons (Fsp3) is 0.238. The zero-order chi connectivity index (χ0) is 22.0. The van der Waals surface area contributed by atoms with Crippen LogP contribution >= 0.6 is 23.2 Å². The molecule has 0 atom stereocenters. The van der Waals surface area contributed by atoms with Crippen molar-refractivity contribution in [3.05, 3.63) is 86.8 Å². The summed E-state index contributed by atoms with van der Waals surface area (Å²) in [5.74, 6) is 0. The van der Waals surface area contributed by atoms with Crippen LogP contribution in [0.25, 0.3) is 0 Å². The van der Waals surface area contributed by atoms with Crippen LogP contribution in [0.4, 0.5) is 5.69 Å². The smallest absolute Gasteiger partial charge is 0.287 e. The lowest BCUT2D eigenvalue weighted by atomic mass is 10.2. The van der Waals surface area contributed by atoms with Crippen LogP contribution in [-0.4, -0.2) is 48.7 Å². The van der Waals surface area contributed by atoms with Crippen molar-refractivity contribution in [2.75, 3.05) is 31.1 Å². The van der Waals surface area contributed by atoms with Gasteiger partial charge in [-0.05, 0) is 29.8 Å². The minimum atomic E-state index is -3.61. The summed E-state index contributed by atoms with van der Waals surface area (Å²) in [4.78, 5) is 14.8. The van der Waals surface area contributed by atoms with Crippen molar-refractivity contribution in [2.24, 2.45) is 0 Å². The quantitative estimate of drug-likeness (QED) is 0.562. The molecule has 162 valence electrons. The molecule has 2 aromatic carbocycles. The van der Waals surface area contributed by atoms with Crippen LogP contribution in [0, 0.1) is 0 Å². The van der Waals surface area contributed by atoms with Gasteiger partial charge in [-0.25, -0.2) is 13.1 Å². The van der Waals surface area contributed by atoms with E-state index in [0.717, 1.165) is 5.56 Å². The van der Waals surface area contributed by atoms with Gasteiger partial charge in [0.2, 0.25) is 10.0 Å². The van der Waals surface area contributed by atoms with Gasteiger partial charge in [-0.15, -0.1) is 0 Å². The molecule has 0 amide bonds. The van der Waals surface area contributed by atoms with Gasteiger partial charge in [0.25, 0.3) is 5.56 Å². The average Bonchev–Trinajstić information content (AvgIpc) is 2.78. The maximum Gasteiger partial charge on any atom is 0.287 e. The van der Waals surface area contributed by atoms with Crippen molar-refractivity contribution < 1.29 is 8.42 Å². The number of benzene rings is 2. The molecule has 0 N–H and O–H groups in total.